The van der Waals surface area contributed by atoms with Gasteiger partial charge >= 0.3 is 0 Å². The van der Waals surface area contributed by atoms with Gasteiger partial charge in [-0.25, -0.2) is 0 Å². The second-order valence-corrected chi connectivity index (χ2v) is 9.37. The van der Waals surface area contributed by atoms with Gasteiger partial charge in [0.05, 0.1) is 18.2 Å². The molecular weight excluding hydrogens is 358 g/mol. The molecular formula is C26H29NO2. The minimum Gasteiger partial charge on any atom is -0.356 e. The molecule has 6 atom stereocenters. The maximum Gasteiger partial charge on any atom is 0.163 e. The van der Waals surface area contributed by atoms with E-state index in [1.807, 2.05) is 0 Å². The van der Waals surface area contributed by atoms with E-state index in [1.54, 1.807) is 0 Å². The summed E-state index contributed by atoms with van der Waals surface area (Å²) in [7, 11) is 0. The van der Waals surface area contributed by atoms with Crippen molar-refractivity contribution < 1.29 is 9.47 Å². The highest BCUT2D eigenvalue weighted by atomic mass is 16.7. The lowest BCUT2D eigenvalue weighted by molar-refractivity contribution is -0.243. The first-order chi connectivity index (χ1) is 14.0. The quantitative estimate of drug-likeness (QED) is 0.644. The molecule has 6 rings (SSSR count). The number of rotatable bonds is 1. The molecule has 2 fully saturated rings. The van der Waals surface area contributed by atoms with Crippen LogP contribution in [0.15, 0.2) is 42.5 Å². The van der Waals surface area contributed by atoms with Crippen molar-refractivity contribution in [3.63, 3.8) is 0 Å². The van der Waals surface area contributed by atoms with Gasteiger partial charge in [0.1, 0.15) is 0 Å². The van der Waals surface area contributed by atoms with Crippen LogP contribution in [0.2, 0.25) is 0 Å². The zero-order chi connectivity index (χ0) is 19.9. The Balaban J connectivity index is 1.49. The predicted octanol–water partition coefficient (Wildman–Crippen LogP) is 5.51. The maximum absolute atomic E-state index is 6.34. The van der Waals surface area contributed by atoms with E-state index >= 15 is 0 Å². The standard InChI is InChI=1S/C26H29NO2/c1-14-9-11-19-22(17(14)4)21-12-10-18-7-5-6-8-20(18)27(21)25-23(19)24(25)26-28-15(2)13-16(3)29-26/h5-12,15-16,21,23-26H,13H2,1-4H3. The van der Waals surface area contributed by atoms with Crippen LogP contribution in [0.5, 0.6) is 0 Å². The van der Waals surface area contributed by atoms with E-state index < -0.39 is 0 Å². The summed E-state index contributed by atoms with van der Waals surface area (Å²) in [5, 5.41) is 0. The van der Waals surface area contributed by atoms with Gasteiger partial charge in [-0.2, -0.15) is 0 Å². The van der Waals surface area contributed by atoms with Crippen molar-refractivity contribution in [3.8, 4) is 0 Å². The molecule has 3 nitrogen and oxygen atoms in total. The Labute approximate surface area is 173 Å². The molecule has 0 radical (unpaired) electrons. The van der Waals surface area contributed by atoms with E-state index in [1.165, 1.54) is 33.5 Å². The second-order valence-electron chi connectivity index (χ2n) is 9.37. The van der Waals surface area contributed by atoms with Crippen LogP contribution in [0, 0.1) is 19.8 Å². The summed E-state index contributed by atoms with van der Waals surface area (Å²) in [6, 6.07) is 14.2. The van der Waals surface area contributed by atoms with Crippen LogP contribution in [0.3, 0.4) is 0 Å². The largest absolute Gasteiger partial charge is 0.356 e. The highest BCUT2D eigenvalue weighted by Gasteiger charge is 2.64. The van der Waals surface area contributed by atoms with Gasteiger partial charge in [0, 0.05) is 23.6 Å². The normalized spacial score (nSPS) is 36.7. The van der Waals surface area contributed by atoms with E-state index in [9.17, 15) is 0 Å². The average Bonchev–Trinajstić information content (AvgIpc) is 3.45. The fraction of sp³-hybridized carbons (Fsp3) is 0.462. The molecule has 3 heteroatoms. The first kappa shape index (κ1) is 17.7. The highest BCUT2D eigenvalue weighted by molar-refractivity contribution is 5.77. The van der Waals surface area contributed by atoms with Gasteiger partial charge < -0.3 is 14.4 Å². The number of fused-ring (bicyclic) bond motifs is 8. The fourth-order valence-electron chi connectivity index (χ4n) is 6.07. The average molecular weight is 388 g/mol. The van der Waals surface area contributed by atoms with Crippen molar-refractivity contribution in [3.05, 3.63) is 70.3 Å². The van der Waals surface area contributed by atoms with Gasteiger partial charge in [0.2, 0.25) is 0 Å². The summed E-state index contributed by atoms with van der Waals surface area (Å²) >= 11 is 0. The van der Waals surface area contributed by atoms with E-state index in [0.717, 1.165) is 6.42 Å². The Morgan fingerprint density at radius 1 is 0.966 bits per heavy atom. The second kappa shape index (κ2) is 6.20. The number of benzene rings is 2. The molecule has 4 aliphatic rings. The minimum absolute atomic E-state index is 0.116. The van der Waals surface area contributed by atoms with E-state index in [-0.39, 0.29) is 18.5 Å². The summed E-state index contributed by atoms with van der Waals surface area (Å²) in [5.74, 6) is 0.855. The number of ether oxygens (including phenoxy) is 2. The monoisotopic (exact) mass is 387 g/mol. The van der Waals surface area contributed by atoms with Crippen LogP contribution in [-0.2, 0) is 9.47 Å². The lowest BCUT2D eigenvalue weighted by atomic mass is 9.84. The number of hydrogen-bond donors (Lipinski definition) is 0. The number of aryl methyl sites for hydroxylation is 1. The smallest absolute Gasteiger partial charge is 0.163 e. The van der Waals surface area contributed by atoms with Crippen molar-refractivity contribution >= 4 is 11.8 Å². The molecule has 1 saturated heterocycles. The van der Waals surface area contributed by atoms with E-state index in [4.69, 9.17) is 9.47 Å². The zero-order valence-corrected chi connectivity index (χ0v) is 17.6. The third-order valence-electron chi connectivity index (χ3n) is 7.52. The molecule has 0 N–H and O–H groups in total. The molecule has 3 heterocycles. The van der Waals surface area contributed by atoms with Crippen LogP contribution >= 0.6 is 0 Å². The molecule has 0 bridgehead atoms. The zero-order valence-electron chi connectivity index (χ0n) is 17.6. The number of hydrogen-bond acceptors (Lipinski definition) is 3. The van der Waals surface area contributed by atoms with Crippen LogP contribution in [-0.4, -0.2) is 24.5 Å². The molecule has 0 spiro atoms. The number of anilines is 1. The third-order valence-corrected chi connectivity index (χ3v) is 7.52. The van der Waals surface area contributed by atoms with Gasteiger partial charge in [-0.3, -0.25) is 0 Å². The molecule has 1 saturated carbocycles. The molecule has 2 aromatic carbocycles. The lowest BCUT2D eigenvalue weighted by Gasteiger charge is -2.41. The summed E-state index contributed by atoms with van der Waals surface area (Å²) in [6.07, 6.45) is 6.08. The molecule has 29 heavy (non-hydrogen) atoms. The third kappa shape index (κ3) is 2.50. The van der Waals surface area contributed by atoms with Gasteiger partial charge in [-0.15, -0.1) is 0 Å². The molecule has 0 amide bonds. The van der Waals surface area contributed by atoms with Crippen molar-refractivity contribution in [1.82, 2.24) is 0 Å². The maximum atomic E-state index is 6.34. The number of para-hydroxylation sites is 1. The van der Waals surface area contributed by atoms with E-state index in [2.05, 4.69) is 81.1 Å². The molecule has 6 unspecified atom stereocenters. The molecule has 3 aliphatic heterocycles. The van der Waals surface area contributed by atoms with Crippen LogP contribution in [0.4, 0.5) is 5.69 Å². The first-order valence-corrected chi connectivity index (χ1v) is 11.0. The first-order valence-electron chi connectivity index (χ1n) is 11.0. The Morgan fingerprint density at radius 2 is 1.72 bits per heavy atom. The van der Waals surface area contributed by atoms with Gasteiger partial charge in [-0.05, 0) is 68.0 Å². The SMILES string of the molecule is Cc1ccc2c(c1C)C1C=Cc3ccccc3N1C1C2C1C1OC(C)CC(C)O1. The molecule has 0 aromatic heterocycles. The van der Waals surface area contributed by atoms with Crippen LogP contribution in [0.1, 0.15) is 60.0 Å². The predicted molar refractivity (Wildman–Crippen MR) is 116 cm³/mol. The Bertz CT molecular complexity index is 1000. The summed E-state index contributed by atoms with van der Waals surface area (Å²) in [6.45, 7) is 8.88. The Kier molecular flexibility index (Phi) is 3.79. The van der Waals surface area contributed by atoms with Crippen LogP contribution < -0.4 is 4.90 Å². The van der Waals surface area contributed by atoms with Gasteiger partial charge in [0.25, 0.3) is 0 Å². The van der Waals surface area contributed by atoms with E-state index in [0.29, 0.717) is 23.9 Å². The van der Waals surface area contributed by atoms with Crippen LogP contribution in [0.25, 0.3) is 6.08 Å². The lowest BCUT2D eigenvalue weighted by Crippen LogP contribution is -2.40. The summed E-state index contributed by atoms with van der Waals surface area (Å²) in [4.78, 5) is 2.66. The van der Waals surface area contributed by atoms with Gasteiger partial charge in [-0.1, -0.05) is 42.5 Å². The van der Waals surface area contributed by atoms with Crippen molar-refractivity contribution in [2.45, 2.75) is 70.6 Å². The Hall–Kier alpha value is -2.10. The summed E-state index contributed by atoms with van der Waals surface area (Å²) in [5.41, 5.74) is 8.47. The highest BCUT2D eigenvalue weighted by Crippen LogP contribution is 2.63. The minimum atomic E-state index is -0.116. The van der Waals surface area contributed by atoms with Crippen molar-refractivity contribution in [2.24, 2.45) is 5.92 Å². The Morgan fingerprint density at radius 3 is 2.52 bits per heavy atom. The molecule has 150 valence electrons. The molecule has 2 aromatic rings. The molecule has 1 aliphatic carbocycles. The fourth-order valence-corrected chi connectivity index (χ4v) is 6.07. The van der Waals surface area contributed by atoms with Gasteiger partial charge in [0.15, 0.2) is 6.29 Å². The van der Waals surface area contributed by atoms with Crippen molar-refractivity contribution in [2.75, 3.05) is 4.90 Å². The summed E-state index contributed by atoms with van der Waals surface area (Å²) < 4.78 is 12.7. The van der Waals surface area contributed by atoms with Crippen molar-refractivity contribution in [1.29, 1.82) is 0 Å². The topological polar surface area (TPSA) is 21.7 Å². The number of nitrogens with zero attached hydrogens (tertiary/aromatic N) is 1.